The van der Waals surface area contributed by atoms with E-state index in [4.69, 9.17) is 11.0 Å². The third-order valence-corrected chi connectivity index (χ3v) is 2.70. The van der Waals surface area contributed by atoms with Crippen molar-refractivity contribution in [2.45, 2.75) is 19.4 Å². The van der Waals surface area contributed by atoms with E-state index < -0.39 is 16.5 Å². The fraction of sp³-hybridized carbons (Fsp3) is 0.364. The minimum atomic E-state index is -0.692. The van der Waals surface area contributed by atoms with Crippen molar-refractivity contribution in [2.75, 3.05) is 12.8 Å². The molecule has 0 aromatic carbocycles. The van der Waals surface area contributed by atoms with E-state index >= 15 is 0 Å². The Morgan fingerprint density at radius 3 is 2.89 bits per heavy atom. The molecule has 1 atom stereocenters. The molecule has 100 valence electrons. The molecule has 0 aliphatic rings. The second kappa shape index (κ2) is 5.77. The monoisotopic (exact) mass is 263 g/mol. The molecule has 8 heteroatoms. The van der Waals surface area contributed by atoms with Gasteiger partial charge in [0, 0.05) is 13.1 Å². The van der Waals surface area contributed by atoms with E-state index in [-0.39, 0.29) is 23.8 Å². The molecule has 0 radical (unpaired) electrons. The van der Waals surface area contributed by atoms with Crippen LogP contribution in [-0.2, 0) is 0 Å². The first kappa shape index (κ1) is 14.4. The van der Waals surface area contributed by atoms with Crippen LogP contribution in [0.25, 0.3) is 0 Å². The quantitative estimate of drug-likeness (QED) is 0.636. The van der Waals surface area contributed by atoms with Gasteiger partial charge >= 0.3 is 0 Å². The highest BCUT2D eigenvalue weighted by molar-refractivity contribution is 5.98. The highest BCUT2D eigenvalue weighted by Gasteiger charge is 2.26. The molecule has 0 bridgehead atoms. The second-order valence-corrected chi connectivity index (χ2v) is 4.01. The number of rotatable bonds is 4. The van der Waals surface area contributed by atoms with Crippen LogP contribution >= 0.6 is 0 Å². The lowest BCUT2D eigenvalue weighted by Gasteiger charge is -2.22. The van der Waals surface area contributed by atoms with Gasteiger partial charge in [0.2, 0.25) is 0 Å². The lowest BCUT2D eigenvalue weighted by Crippen LogP contribution is -2.35. The Morgan fingerprint density at radius 2 is 2.37 bits per heavy atom. The molecule has 0 aliphatic heterocycles. The number of hydrogen-bond acceptors (Lipinski definition) is 6. The molecule has 1 rings (SSSR count). The molecule has 1 unspecified atom stereocenters. The molecule has 8 nitrogen and oxygen atoms in total. The first-order valence-corrected chi connectivity index (χ1v) is 5.42. The lowest BCUT2D eigenvalue weighted by molar-refractivity contribution is -0.385. The van der Waals surface area contributed by atoms with Crippen molar-refractivity contribution < 1.29 is 9.72 Å². The van der Waals surface area contributed by atoms with Gasteiger partial charge in [0.1, 0.15) is 17.6 Å². The number of aromatic nitrogens is 1. The van der Waals surface area contributed by atoms with E-state index in [0.717, 1.165) is 12.3 Å². The van der Waals surface area contributed by atoms with E-state index in [9.17, 15) is 14.9 Å². The first-order valence-electron chi connectivity index (χ1n) is 5.42. The van der Waals surface area contributed by atoms with Crippen LogP contribution in [0.4, 0.5) is 11.5 Å². The van der Waals surface area contributed by atoms with Crippen molar-refractivity contribution in [1.29, 1.82) is 5.26 Å². The van der Waals surface area contributed by atoms with Gasteiger partial charge < -0.3 is 10.6 Å². The smallest absolute Gasteiger partial charge is 0.300 e. The van der Waals surface area contributed by atoms with Gasteiger partial charge in [0.05, 0.1) is 17.4 Å². The second-order valence-electron chi connectivity index (χ2n) is 4.01. The van der Waals surface area contributed by atoms with E-state index in [0.29, 0.717) is 0 Å². The van der Waals surface area contributed by atoms with Gasteiger partial charge in [0.25, 0.3) is 11.6 Å². The van der Waals surface area contributed by atoms with Crippen LogP contribution in [0, 0.1) is 21.4 Å². The largest absolute Gasteiger partial charge is 0.384 e. The maximum Gasteiger partial charge on any atom is 0.300 e. The zero-order valence-corrected chi connectivity index (χ0v) is 10.5. The highest BCUT2D eigenvalue weighted by Crippen LogP contribution is 2.21. The van der Waals surface area contributed by atoms with Crippen LogP contribution in [-0.4, -0.2) is 33.8 Å². The predicted molar refractivity (Wildman–Crippen MR) is 67.1 cm³/mol. The number of hydrogen-bond donors (Lipinski definition) is 1. The van der Waals surface area contributed by atoms with Crippen molar-refractivity contribution in [2.24, 2.45) is 0 Å². The number of pyridine rings is 1. The Kier molecular flexibility index (Phi) is 4.36. The molecule has 0 saturated carbocycles. The van der Waals surface area contributed by atoms with Crippen molar-refractivity contribution in [3.63, 3.8) is 0 Å². The van der Waals surface area contributed by atoms with Crippen LogP contribution in [0.5, 0.6) is 0 Å². The van der Waals surface area contributed by atoms with Gasteiger partial charge in [-0.05, 0) is 13.0 Å². The average Bonchev–Trinajstić information content (AvgIpc) is 2.36. The number of nitriles is 1. The molecule has 1 amide bonds. The molecule has 2 N–H and O–H groups in total. The number of nitrogen functional groups attached to an aromatic ring is 1. The summed E-state index contributed by atoms with van der Waals surface area (Å²) in [6, 6.07) is 2.75. The lowest BCUT2D eigenvalue weighted by atomic mass is 10.1. The minimum Gasteiger partial charge on any atom is -0.384 e. The number of carbonyl (C=O) groups excluding carboxylic acids is 1. The molecule has 0 aliphatic carbocycles. The third-order valence-electron chi connectivity index (χ3n) is 2.70. The number of nitrogens with two attached hydrogens (primary N) is 1. The summed E-state index contributed by atoms with van der Waals surface area (Å²) in [6.07, 6.45) is 1.09. The molecular weight excluding hydrogens is 250 g/mol. The Bertz CT molecular complexity index is 552. The van der Waals surface area contributed by atoms with Crippen LogP contribution in [0.15, 0.2) is 12.3 Å². The summed E-state index contributed by atoms with van der Waals surface area (Å²) in [5.74, 6) is -0.543. The molecule has 0 spiro atoms. The van der Waals surface area contributed by atoms with Crippen LogP contribution < -0.4 is 5.73 Å². The van der Waals surface area contributed by atoms with Gasteiger partial charge in [-0.25, -0.2) is 4.98 Å². The number of nitrogens with zero attached hydrogens (tertiary/aromatic N) is 4. The first-order chi connectivity index (χ1) is 8.88. The predicted octanol–water partition coefficient (Wildman–Crippen LogP) is 0.946. The normalized spacial score (nSPS) is 11.4. The van der Waals surface area contributed by atoms with Crippen molar-refractivity contribution in [1.82, 2.24) is 9.88 Å². The Morgan fingerprint density at radius 1 is 1.74 bits per heavy atom. The van der Waals surface area contributed by atoms with E-state index in [1.807, 2.05) is 6.07 Å². The zero-order valence-electron chi connectivity index (χ0n) is 10.5. The average molecular weight is 263 g/mol. The fourth-order valence-corrected chi connectivity index (χ4v) is 1.44. The molecule has 19 heavy (non-hydrogen) atoms. The Hall–Kier alpha value is -2.69. The van der Waals surface area contributed by atoms with E-state index in [1.54, 1.807) is 6.92 Å². The summed E-state index contributed by atoms with van der Waals surface area (Å²) in [5, 5.41) is 19.5. The van der Waals surface area contributed by atoms with Gasteiger partial charge in [0.15, 0.2) is 0 Å². The SMILES string of the molecule is CC(CC#N)N(C)C(=O)c1cc(N)ncc1[N+](=O)[O-]. The van der Waals surface area contributed by atoms with Crippen molar-refractivity contribution in [3.05, 3.63) is 27.9 Å². The molecule has 1 aromatic rings. The number of carbonyl (C=O) groups is 1. The van der Waals surface area contributed by atoms with E-state index in [2.05, 4.69) is 4.98 Å². The van der Waals surface area contributed by atoms with Crippen LogP contribution in [0.1, 0.15) is 23.7 Å². The van der Waals surface area contributed by atoms with Crippen LogP contribution in [0.2, 0.25) is 0 Å². The van der Waals surface area contributed by atoms with Crippen molar-refractivity contribution in [3.8, 4) is 6.07 Å². The van der Waals surface area contributed by atoms with Gasteiger partial charge in [-0.15, -0.1) is 0 Å². The summed E-state index contributed by atoms with van der Waals surface area (Å²) < 4.78 is 0. The molecule has 0 saturated heterocycles. The summed E-state index contributed by atoms with van der Waals surface area (Å²) in [4.78, 5) is 27.2. The molecule has 1 heterocycles. The third kappa shape index (κ3) is 3.16. The summed E-state index contributed by atoms with van der Waals surface area (Å²) in [5.41, 5.74) is 4.90. The van der Waals surface area contributed by atoms with Crippen molar-refractivity contribution >= 4 is 17.4 Å². The van der Waals surface area contributed by atoms with Gasteiger partial charge in [-0.3, -0.25) is 14.9 Å². The zero-order chi connectivity index (χ0) is 14.6. The number of anilines is 1. The number of amides is 1. The standard InChI is InChI=1S/C11H13N5O3/c1-7(3-4-12)15(2)11(17)8-5-10(13)14-6-9(8)16(18)19/h5-7H,3H2,1-2H3,(H2,13,14). The summed E-state index contributed by atoms with van der Waals surface area (Å²) in [6.45, 7) is 1.68. The van der Waals surface area contributed by atoms with Gasteiger partial charge in [-0.1, -0.05) is 0 Å². The summed E-state index contributed by atoms with van der Waals surface area (Å²) in [7, 11) is 1.48. The topological polar surface area (TPSA) is 126 Å². The minimum absolute atomic E-state index is 0.0234. The maximum atomic E-state index is 12.2. The van der Waals surface area contributed by atoms with Gasteiger partial charge in [-0.2, -0.15) is 5.26 Å². The maximum absolute atomic E-state index is 12.2. The summed E-state index contributed by atoms with van der Waals surface area (Å²) >= 11 is 0. The van der Waals surface area contributed by atoms with E-state index in [1.165, 1.54) is 11.9 Å². The number of nitro groups is 1. The Balaban J connectivity index is 3.15. The molecular formula is C11H13N5O3. The van der Waals surface area contributed by atoms with Crippen LogP contribution in [0.3, 0.4) is 0 Å². The Labute approximate surface area is 109 Å². The fourth-order valence-electron chi connectivity index (χ4n) is 1.44. The molecule has 0 fully saturated rings. The highest BCUT2D eigenvalue weighted by atomic mass is 16.6. The molecule has 1 aromatic heterocycles.